The summed E-state index contributed by atoms with van der Waals surface area (Å²) in [7, 11) is 0. The van der Waals surface area contributed by atoms with Crippen LogP contribution >= 0.6 is 0 Å². The van der Waals surface area contributed by atoms with E-state index < -0.39 is 0 Å². The van der Waals surface area contributed by atoms with Crippen LogP contribution in [-0.4, -0.2) is 28.0 Å². The van der Waals surface area contributed by atoms with Gasteiger partial charge >= 0.3 is 0 Å². The van der Waals surface area contributed by atoms with Crippen molar-refractivity contribution in [1.29, 1.82) is 5.26 Å². The van der Waals surface area contributed by atoms with Gasteiger partial charge in [0.2, 0.25) is 11.6 Å². The van der Waals surface area contributed by atoms with Crippen molar-refractivity contribution in [2.75, 3.05) is 0 Å². The second-order valence-electron chi connectivity index (χ2n) is 5.58. The summed E-state index contributed by atoms with van der Waals surface area (Å²) in [6.45, 7) is 3.78. The van der Waals surface area contributed by atoms with Crippen LogP contribution in [0.1, 0.15) is 45.2 Å². The molecular formula is C15H20N4O2. The molecule has 0 spiro atoms. The van der Waals surface area contributed by atoms with E-state index in [-0.39, 0.29) is 29.7 Å². The van der Waals surface area contributed by atoms with E-state index in [1.54, 1.807) is 0 Å². The lowest BCUT2D eigenvalue weighted by Gasteiger charge is -2.29. The predicted molar refractivity (Wildman–Crippen MR) is 76.4 cm³/mol. The Bertz CT molecular complexity index is 531. The van der Waals surface area contributed by atoms with Gasteiger partial charge in [0.1, 0.15) is 12.2 Å². The number of rotatable bonds is 4. The minimum atomic E-state index is 0.0109. The molecular weight excluding hydrogens is 268 g/mol. The molecule has 1 amide bonds. The lowest BCUT2D eigenvalue weighted by Crippen LogP contribution is -2.41. The van der Waals surface area contributed by atoms with E-state index in [1.165, 1.54) is 12.4 Å². The summed E-state index contributed by atoms with van der Waals surface area (Å²) in [5.41, 5.74) is 0.215. The molecule has 0 atom stereocenters. The number of carbonyl (C=O) groups is 1. The first-order valence-electron chi connectivity index (χ1n) is 7.28. The van der Waals surface area contributed by atoms with E-state index >= 15 is 0 Å². The fourth-order valence-electron chi connectivity index (χ4n) is 2.34. The molecule has 1 aromatic heterocycles. The Labute approximate surface area is 124 Å². The minimum Gasteiger partial charge on any atom is -0.472 e. The monoisotopic (exact) mass is 288 g/mol. The summed E-state index contributed by atoms with van der Waals surface area (Å²) < 4.78 is 5.77. The second kappa shape index (κ2) is 7.02. The van der Waals surface area contributed by atoms with Gasteiger partial charge in [-0.25, -0.2) is 9.97 Å². The van der Waals surface area contributed by atoms with Gasteiger partial charge in [0, 0.05) is 24.4 Å². The van der Waals surface area contributed by atoms with E-state index in [2.05, 4.69) is 15.3 Å². The predicted octanol–water partition coefficient (Wildman–Crippen LogP) is 1.81. The van der Waals surface area contributed by atoms with Crippen LogP contribution in [0.3, 0.4) is 0 Å². The molecule has 1 aliphatic rings. The van der Waals surface area contributed by atoms with E-state index in [0.29, 0.717) is 5.88 Å². The molecule has 1 N–H and O–H groups in total. The van der Waals surface area contributed by atoms with Crippen molar-refractivity contribution in [1.82, 2.24) is 15.3 Å². The van der Waals surface area contributed by atoms with Crippen LogP contribution in [0.2, 0.25) is 0 Å². The molecule has 6 heteroatoms. The molecule has 1 aromatic rings. The number of aromatic nitrogens is 2. The van der Waals surface area contributed by atoms with Crippen molar-refractivity contribution in [3.8, 4) is 11.9 Å². The van der Waals surface area contributed by atoms with Gasteiger partial charge in [0.05, 0.1) is 0 Å². The zero-order chi connectivity index (χ0) is 15.2. The van der Waals surface area contributed by atoms with E-state index in [1.807, 2.05) is 19.9 Å². The zero-order valence-corrected chi connectivity index (χ0v) is 12.4. The van der Waals surface area contributed by atoms with Crippen LogP contribution in [0.25, 0.3) is 0 Å². The molecule has 0 saturated heterocycles. The summed E-state index contributed by atoms with van der Waals surface area (Å²) in [6, 6.07) is 2.20. The summed E-state index contributed by atoms with van der Waals surface area (Å²) in [5.74, 6) is 0.409. The average molecular weight is 288 g/mol. The van der Waals surface area contributed by atoms with Gasteiger partial charge in [-0.2, -0.15) is 5.26 Å². The quantitative estimate of drug-likeness (QED) is 0.912. The van der Waals surface area contributed by atoms with Gasteiger partial charge < -0.3 is 10.1 Å². The third-order valence-corrected chi connectivity index (χ3v) is 3.59. The van der Waals surface area contributed by atoms with Crippen LogP contribution in [0, 0.1) is 17.2 Å². The molecule has 0 aliphatic heterocycles. The van der Waals surface area contributed by atoms with Gasteiger partial charge in [-0.3, -0.25) is 4.79 Å². The number of nitrogens with zero attached hydrogens (tertiary/aromatic N) is 3. The Hall–Kier alpha value is -2.16. The standard InChI is InChI=1S/C15H20N4O2/c1-10(2)14(20)19-11-3-5-12(6-4-11)21-15-13(9-16)17-7-8-18-15/h7-8,10-12H,3-6H2,1-2H3,(H,19,20). The Balaban J connectivity index is 1.84. The molecule has 112 valence electrons. The highest BCUT2D eigenvalue weighted by atomic mass is 16.5. The Kier molecular flexibility index (Phi) is 5.09. The van der Waals surface area contributed by atoms with Crippen LogP contribution < -0.4 is 10.1 Å². The lowest BCUT2D eigenvalue weighted by molar-refractivity contribution is -0.125. The molecule has 1 fully saturated rings. The summed E-state index contributed by atoms with van der Waals surface area (Å²) in [6.07, 6.45) is 6.46. The highest BCUT2D eigenvalue weighted by Gasteiger charge is 2.25. The Morgan fingerprint density at radius 3 is 2.62 bits per heavy atom. The minimum absolute atomic E-state index is 0.0109. The highest BCUT2D eigenvalue weighted by Crippen LogP contribution is 2.24. The van der Waals surface area contributed by atoms with Gasteiger partial charge in [-0.05, 0) is 25.7 Å². The fourth-order valence-corrected chi connectivity index (χ4v) is 2.34. The van der Waals surface area contributed by atoms with Crippen LogP contribution in [0.5, 0.6) is 5.88 Å². The van der Waals surface area contributed by atoms with Crippen LogP contribution in [-0.2, 0) is 4.79 Å². The zero-order valence-electron chi connectivity index (χ0n) is 12.4. The molecule has 1 aliphatic carbocycles. The molecule has 0 aromatic carbocycles. The van der Waals surface area contributed by atoms with Gasteiger partial charge in [0.15, 0.2) is 0 Å². The van der Waals surface area contributed by atoms with Crippen molar-refractivity contribution in [2.24, 2.45) is 5.92 Å². The topological polar surface area (TPSA) is 87.9 Å². The second-order valence-corrected chi connectivity index (χ2v) is 5.58. The van der Waals surface area contributed by atoms with Crippen molar-refractivity contribution in [2.45, 2.75) is 51.7 Å². The van der Waals surface area contributed by atoms with Crippen molar-refractivity contribution >= 4 is 5.91 Å². The number of hydrogen-bond acceptors (Lipinski definition) is 5. The molecule has 6 nitrogen and oxygen atoms in total. The summed E-state index contributed by atoms with van der Waals surface area (Å²) in [4.78, 5) is 19.7. The van der Waals surface area contributed by atoms with E-state index in [0.717, 1.165) is 25.7 Å². The number of hydrogen-bond donors (Lipinski definition) is 1. The molecule has 0 bridgehead atoms. The third-order valence-electron chi connectivity index (χ3n) is 3.59. The Morgan fingerprint density at radius 2 is 2.00 bits per heavy atom. The smallest absolute Gasteiger partial charge is 0.251 e. The fraction of sp³-hybridized carbons (Fsp3) is 0.600. The summed E-state index contributed by atoms with van der Waals surface area (Å²) in [5, 5.41) is 12.0. The molecule has 0 unspecified atom stereocenters. The molecule has 1 saturated carbocycles. The third kappa shape index (κ3) is 4.15. The van der Waals surface area contributed by atoms with Gasteiger partial charge in [-0.1, -0.05) is 13.8 Å². The maximum absolute atomic E-state index is 11.7. The van der Waals surface area contributed by atoms with E-state index in [9.17, 15) is 4.79 Å². The van der Waals surface area contributed by atoms with Crippen molar-refractivity contribution in [3.63, 3.8) is 0 Å². The van der Waals surface area contributed by atoms with Crippen molar-refractivity contribution < 1.29 is 9.53 Å². The number of ether oxygens (including phenoxy) is 1. The van der Waals surface area contributed by atoms with Crippen LogP contribution in [0.15, 0.2) is 12.4 Å². The maximum Gasteiger partial charge on any atom is 0.251 e. The molecule has 2 rings (SSSR count). The number of amides is 1. The van der Waals surface area contributed by atoms with Gasteiger partial charge in [-0.15, -0.1) is 0 Å². The molecule has 21 heavy (non-hydrogen) atoms. The first-order chi connectivity index (χ1) is 10.1. The normalized spacial score (nSPS) is 21.6. The number of nitriles is 1. The van der Waals surface area contributed by atoms with Gasteiger partial charge in [0.25, 0.3) is 5.88 Å². The molecule has 0 radical (unpaired) electrons. The average Bonchev–Trinajstić information content (AvgIpc) is 2.49. The van der Waals surface area contributed by atoms with E-state index in [4.69, 9.17) is 10.00 Å². The van der Waals surface area contributed by atoms with Crippen LogP contribution in [0.4, 0.5) is 0 Å². The first kappa shape index (κ1) is 15.2. The number of carbonyl (C=O) groups excluding carboxylic acids is 1. The lowest BCUT2D eigenvalue weighted by atomic mass is 9.92. The SMILES string of the molecule is CC(C)C(=O)NC1CCC(Oc2nccnc2C#N)CC1. The van der Waals surface area contributed by atoms with Crippen molar-refractivity contribution in [3.05, 3.63) is 18.1 Å². The first-order valence-corrected chi connectivity index (χ1v) is 7.28. The highest BCUT2D eigenvalue weighted by molar-refractivity contribution is 5.78. The maximum atomic E-state index is 11.7. The summed E-state index contributed by atoms with van der Waals surface area (Å²) >= 11 is 0. The molecule has 1 heterocycles. The largest absolute Gasteiger partial charge is 0.472 e. The number of nitrogens with one attached hydrogen (secondary N) is 1. The Morgan fingerprint density at radius 1 is 1.33 bits per heavy atom.